The van der Waals surface area contributed by atoms with Gasteiger partial charge in [-0.25, -0.2) is 4.98 Å². The Morgan fingerprint density at radius 3 is 2.50 bits per heavy atom. The summed E-state index contributed by atoms with van der Waals surface area (Å²) in [5, 5.41) is 3.37. The predicted octanol–water partition coefficient (Wildman–Crippen LogP) is 4.96. The van der Waals surface area contributed by atoms with Gasteiger partial charge in [0.25, 0.3) is 0 Å². The van der Waals surface area contributed by atoms with Crippen LogP contribution in [-0.2, 0) is 17.7 Å². The van der Waals surface area contributed by atoms with Gasteiger partial charge in [-0.15, -0.1) is 0 Å². The molecule has 1 aliphatic rings. The third kappa shape index (κ3) is 4.77. The summed E-state index contributed by atoms with van der Waals surface area (Å²) < 4.78 is 5.97. The second kappa shape index (κ2) is 9.00. The monoisotopic (exact) mass is 373 g/mol. The topological polar surface area (TPSA) is 37.4 Å². The maximum atomic E-state index is 5.97. The van der Waals surface area contributed by atoms with Crippen LogP contribution in [0.5, 0.6) is 0 Å². The number of pyridine rings is 1. The van der Waals surface area contributed by atoms with Gasteiger partial charge in [-0.2, -0.15) is 0 Å². The standard InChI is InChI=1S/C24H27N3O/c1-2-19-8-11-22(12-9-19)26-24-13-10-20(16-25-24)17-27-14-15-28-23(18-27)21-6-4-3-5-7-21/h3-13,16,23H,2,14-15,17-18H2,1H3,(H,25,26)/t23-/m1/s1. The number of hydrogen-bond donors (Lipinski definition) is 1. The maximum absolute atomic E-state index is 5.97. The molecule has 0 unspecified atom stereocenters. The van der Waals surface area contributed by atoms with Gasteiger partial charge in [0.1, 0.15) is 5.82 Å². The number of aromatic nitrogens is 1. The van der Waals surface area contributed by atoms with E-state index in [0.29, 0.717) is 0 Å². The zero-order valence-electron chi connectivity index (χ0n) is 16.3. The van der Waals surface area contributed by atoms with Crippen molar-refractivity contribution in [2.45, 2.75) is 26.0 Å². The molecule has 0 aliphatic carbocycles. The van der Waals surface area contributed by atoms with Gasteiger partial charge >= 0.3 is 0 Å². The van der Waals surface area contributed by atoms with E-state index in [4.69, 9.17) is 4.74 Å². The average molecular weight is 374 g/mol. The lowest BCUT2D eigenvalue weighted by Gasteiger charge is -2.33. The molecule has 0 radical (unpaired) electrons. The molecule has 1 aromatic heterocycles. The maximum Gasteiger partial charge on any atom is 0.130 e. The van der Waals surface area contributed by atoms with Crippen LogP contribution in [0.3, 0.4) is 0 Å². The SMILES string of the molecule is CCc1ccc(Nc2ccc(CN3CCO[C@@H](c4ccccc4)C3)cn2)cc1. The van der Waals surface area contributed by atoms with E-state index in [-0.39, 0.29) is 6.10 Å². The molecule has 1 saturated heterocycles. The van der Waals surface area contributed by atoms with Crippen LogP contribution in [-0.4, -0.2) is 29.6 Å². The molecule has 4 heteroatoms. The van der Waals surface area contributed by atoms with Crippen molar-refractivity contribution >= 4 is 11.5 Å². The molecule has 1 atom stereocenters. The van der Waals surface area contributed by atoms with E-state index in [1.54, 1.807) is 0 Å². The molecule has 28 heavy (non-hydrogen) atoms. The third-order valence-corrected chi connectivity index (χ3v) is 5.19. The third-order valence-electron chi connectivity index (χ3n) is 5.19. The summed E-state index contributed by atoms with van der Waals surface area (Å²) in [6.07, 6.45) is 3.17. The van der Waals surface area contributed by atoms with E-state index in [1.807, 2.05) is 12.3 Å². The normalized spacial score (nSPS) is 17.4. The lowest BCUT2D eigenvalue weighted by Crippen LogP contribution is -2.37. The number of anilines is 2. The van der Waals surface area contributed by atoms with Gasteiger partial charge in [-0.3, -0.25) is 4.90 Å². The Balaban J connectivity index is 1.34. The zero-order chi connectivity index (χ0) is 19.2. The quantitative estimate of drug-likeness (QED) is 0.663. The lowest BCUT2D eigenvalue weighted by molar-refractivity contribution is -0.0329. The van der Waals surface area contributed by atoms with Crippen molar-refractivity contribution in [3.8, 4) is 0 Å². The summed E-state index contributed by atoms with van der Waals surface area (Å²) in [6, 6.07) is 23.2. The number of benzene rings is 2. The molecule has 2 heterocycles. The van der Waals surface area contributed by atoms with Crippen LogP contribution in [0.4, 0.5) is 11.5 Å². The van der Waals surface area contributed by atoms with Crippen molar-refractivity contribution in [1.82, 2.24) is 9.88 Å². The second-order valence-corrected chi connectivity index (χ2v) is 7.23. The number of rotatable bonds is 6. The second-order valence-electron chi connectivity index (χ2n) is 7.23. The summed E-state index contributed by atoms with van der Waals surface area (Å²) in [7, 11) is 0. The smallest absolute Gasteiger partial charge is 0.130 e. The highest BCUT2D eigenvalue weighted by Crippen LogP contribution is 2.23. The highest BCUT2D eigenvalue weighted by Gasteiger charge is 2.21. The minimum atomic E-state index is 0.148. The highest BCUT2D eigenvalue weighted by atomic mass is 16.5. The van der Waals surface area contributed by atoms with E-state index in [9.17, 15) is 0 Å². The van der Waals surface area contributed by atoms with E-state index < -0.39 is 0 Å². The summed E-state index contributed by atoms with van der Waals surface area (Å²) in [4.78, 5) is 7.03. The van der Waals surface area contributed by atoms with Gasteiger partial charge in [0.2, 0.25) is 0 Å². The van der Waals surface area contributed by atoms with E-state index in [0.717, 1.165) is 44.2 Å². The van der Waals surface area contributed by atoms with Gasteiger partial charge in [0.05, 0.1) is 12.7 Å². The van der Waals surface area contributed by atoms with Crippen molar-refractivity contribution in [3.63, 3.8) is 0 Å². The van der Waals surface area contributed by atoms with Crippen molar-refractivity contribution in [2.75, 3.05) is 25.0 Å². The molecule has 1 N–H and O–H groups in total. The molecule has 144 valence electrons. The molecule has 3 aromatic rings. The van der Waals surface area contributed by atoms with Crippen molar-refractivity contribution in [3.05, 3.63) is 89.6 Å². The molecule has 0 saturated carbocycles. The summed E-state index contributed by atoms with van der Waals surface area (Å²) >= 11 is 0. The number of hydrogen-bond acceptors (Lipinski definition) is 4. The molecule has 0 bridgehead atoms. The first-order valence-corrected chi connectivity index (χ1v) is 10.00. The Morgan fingerprint density at radius 2 is 1.79 bits per heavy atom. The van der Waals surface area contributed by atoms with Crippen LogP contribution in [0, 0.1) is 0 Å². The van der Waals surface area contributed by atoms with E-state index >= 15 is 0 Å². The van der Waals surface area contributed by atoms with Crippen LogP contribution < -0.4 is 5.32 Å². The summed E-state index contributed by atoms with van der Waals surface area (Å²) in [6.45, 7) is 5.69. The predicted molar refractivity (Wildman–Crippen MR) is 114 cm³/mol. The fraction of sp³-hybridized carbons (Fsp3) is 0.292. The van der Waals surface area contributed by atoms with Crippen LogP contribution in [0.2, 0.25) is 0 Å². The first kappa shape index (κ1) is 18.7. The van der Waals surface area contributed by atoms with Crippen molar-refractivity contribution < 1.29 is 4.74 Å². The number of nitrogens with zero attached hydrogens (tertiary/aromatic N) is 2. The Morgan fingerprint density at radius 1 is 1.00 bits per heavy atom. The number of aryl methyl sites for hydroxylation is 1. The molecule has 0 spiro atoms. The molecular formula is C24H27N3O. The Labute approximate surface area is 167 Å². The highest BCUT2D eigenvalue weighted by molar-refractivity contribution is 5.56. The van der Waals surface area contributed by atoms with Crippen molar-refractivity contribution in [2.24, 2.45) is 0 Å². The zero-order valence-corrected chi connectivity index (χ0v) is 16.3. The van der Waals surface area contributed by atoms with Gasteiger partial charge in [0.15, 0.2) is 0 Å². The Bertz CT molecular complexity index is 863. The fourth-order valence-corrected chi connectivity index (χ4v) is 3.54. The van der Waals surface area contributed by atoms with Crippen LogP contribution in [0.25, 0.3) is 0 Å². The number of nitrogens with one attached hydrogen (secondary N) is 1. The van der Waals surface area contributed by atoms with E-state index in [1.165, 1.54) is 16.7 Å². The van der Waals surface area contributed by atoms with Gasteiger partial charge in [-0.05, 0) is 41.3 Å². The molecule has 1 aliphatic heterocycles. The molecule has 2 aromatic carbocycles. The minimum Gasteiger partial charge on any atom is -0.371 e. The van der Waals surface area contributed by atoms with Gasteiger partial charge < -0.3 is 10.1 Å². The Kier molecular flexibility index (Phi) is 6.00. The molecule has 1 fully saturated rings. The first-order valence-electron chi connectivity index (χ1n) is 10.00. The molecule has 4 rings (SSSR count). The fourth-order valence-electron chi connectivity index (χ4n) is 3.54. The van der Waals surface area contributed by atoms with Crippen LogP contribution in [0.15, 0.2) is 72.9 Å². The van der Waals surface area contributed by atoms with Gasteiger partial charge in [0, 0.05) is 31.5 Å². The lowest BCUT2D eigenvalue weighted by atomic mass is 10.1. The van der Waals surface area contributed by atoms with Crippen LogP contribution >= 0.6 is 0 Å². The average Bonchev–Trinajstić information content (AvgIpc) is 2.76. The largest absolute Gasteiger partial charge is 0.371 e. The molecular weight excluding hydrogens is 346 g/mol. The number of ether oxygens (including phenoxy) is 1. The summed E-state index contributed by atoms with van der Waals surface area (Å²) in [5.74, 6) is 0.872. The Hall–Kier alpha value is -2.69. The minimum absolute atomic E-state index is 0.148. The molecule has 0 amide bonds. The van der Waals surface area contributed by atoms with Gasteiger partial charge in [-0.1, -0.05) is 55.5 Å². The van der Waals surface area contributed by atoms with Crippen molar-refractivity contribution in [1.29, 1.82) is 0 Å². The molecule has 4 nitrogen and oxygen atoms in total. The first-order chi connectivity index (χ1) is 13.8. The summed E-state index contributed by atoms with van der Waals surface area (Å²) in [5.41, 5.74) is 4.88. The number of morpholine rings is 1. The van der Waals surface area contributed by atoms with Crippen LogP contribution in [0.1, 0.15) is 29.7 Å². The van der Waals surface area contributed by atoms with E-state index in [2.05, 4.69) is 82.8 Å².